The van der Waals surface area contributed by atoms with Gasteiger partial charge < -0.3 is 14.2 Å². The summed E-state index contributed by atoms with van der Waals surface area (Å²) in [5, 5.41) is 0. The van der Waals surface area contributed by atoms with Crippen molar-refractivity contribution in [1.29, 1.82) is 0 Å². The van der Waals surface area contributed by atoms with E-state index < -0.39 is 0 Å². The number of hydrogen-bond donors (Lipinski definition) is 0. The van der Waals surface area contributed by atoms with Crippen molar-refractivity contribution in [3.8, 4) is 0 Å². The number of methoxy groups -OCH3 is 2. The van der Waals surface area contributed by atoms with Gasteiger partial charge in [-0.1, -0.05) is 40.0 Å². The van der Waals surface area contributed by atoms with E-state index in [1.54, 1.807) is 14.2 Å². The van der Waals surface area contributed by atoms with Gasteiger partial charge in [-0.15, -0.1) is 0 Å². The minimum Gasteiger partial charge on any atom is -0.376 e. The van der Waals surface area contributed by atoms with Crippen molar-refractivity contribution in [2.24, 2.45) is 11.8 Å². The molecular formula is C14H30O3. The molecule has 0 radical (unpaired) electrons. The number of hydrogen-bond acceptors (Lipinski definition) is 3. The first-order valence-electron chi connectivity index (χ1n) is 6.73. The lowest BCUT2D eigenvalue weighted by molar-refractivity contribution is -0.140. The van der Waals surface area contributed by atoms with Crippen LogP contribution < -0.4 is 0 Å². The highest BCUT2D eigenvalue weighted by Gasteiger charge is 2.06. The van der Waals surface area contributed by atoms with Crippen LogP contribution in [-0.4, -0.2) is 33.7 Å². The zero-order chi connectivity index (χ0) is 13.1. The van der Waals surface area contributed by atoms with E-state index >= 15 is 0 Å². The Balaban J connectivity index is 3.35. The quantitative estimate of drug-likeness (QED) is 0.413. The summed E-state index contributed by atoms with van der Waals surface area (Å²) in [4.78, 5) is 0. The maximum atomic E-state index is 5.53. The normalized spacial score (nSPS) is 13.6. The van der Waals surface area contributed by atoms with Gasteiger partial charge in [-0.25, -0.2) is 0 Å². The largest absolute Gasteiger partial charge is 0.376 e. The lowest BCUT2D eigenvalue weighted by atomic mass is 9.98. The third kappa shape index (κ3) is 10.7. The van der Waals surface area contributed by atoms with Crippen LogP contribution in [0, 0.1) is 11.8 Å². The fraction of sp³-hybridized carbons (Fsp3) is 1.00. The van der Waals surface area contributed by atoms with Crippen LogP contribution in [0.5, 0.6) is 0 Å². The third-order valence-electron chi connectivity index (χ3n) is 3.01. The average Bonchev–Trinajstić information content (AvgIpc) is 2.29. The van der Waals surface area contributed by atoms with Crippen LogP contribution >= 0.6 is 0 Å². The second-order valence-corrected chi connectivity index (χ2v) is 5.19. The van der Waals surface area contributed by atoms with Crippen LogP contribution in [0.4, 0.5) is 0 Å². The minimum absolute atomic E-state index is 0.230. The van der Waals surface area contributed by atoms with Gasteiger partial charge in [0, 0.05) is 20.8 Å². The Labute approximate surface area is 107 Å². The summed E-state index contributed by atoms with van der Waals surface area (Å²) in [5.41, 5.74) is 0. The Bertz CT molecular complexity index is 156. The van der Waals surface area contributed by atoms with Gasteiger partial charge in [0.25, 0.3) is 0 Å². The van der Waals surface area contributed by atoms with Crippen LogP contribution in [0.3, 0.4) is 0 Å². The molecule has 1 unspecified atom stereocenters. The van der Waals surface area contributed by atoms with Gasteiger partial charge in [-0.05, 0) is 18.3 Å². The summed E-state index contributed by atoms with van der Waals surface area (Å²) in [5.74, 6) is 1.57. The molecule has 0 heterocycles. The van der Waals surface area contributed by atoms with E-state index in [1.165, 1.54) is 19.3 Å². The molecule has 0 aliphatic carbocycles. The van der Waals surface area contributed by atoms with E-state index in [4.69, 9.17) is 14.2 Å². The van der Waals surface area contributed by atoms with Crippen LogP contribution in [0.25, 0.3) is 0 Å². The van der Waals surface area contributed by atoms with Crippen molar-refractivity contribution < 1.29 is 14.2 Å². The van der Waals surface area contributed by atoms with Gasteiger partial charge in [-0.2, -0.15) is 0 Å². The highest BCUT2D eigenvalue weighted by atomic mass is 16.7. The van der Waals surface area contributed by atoms with Gasteiger partial charge in [0.05, 0.1) is 6.61 Å². The number of rotatable bonds is 11. The molecular weight excluding hydrogens is 216 g/mol. The van der Waals surface area contributed by atoms with E-state index in [0.717, 1.165) is 24.9 Å². The fourth-order valence-electron chi connectivity index (χ4n) is 1.72. The molecule has 17 heavy (non-hydrogen) atoms. The zero-order valence-electron chi connectivity index (χ0n) is 12.2. The minimum atomic E-state index is -0.230. The maximum Gasteiger partial charge on any atom is 0.180 e. The monoisotopic (exact) mass is 246 g/mol. The van der Waals surface area contributed by atoms with E-state index in [9.17, 15) is 0 Å². The molecule has 0 bridgehead atoms. The molecule has 0 aliphatic rings. The lowest BCUT2D eigenvalue weighted by Gasteiger charge is -2.15. The van der Waals surface area contributed by atoms with Gasteiger partial charge in [-0.3, -0.25) is 0 Å². The highest BCUT2D eigenvalue weighted by molar-refractivity contribution is 4.55. The molecule has 3 heteroatoms. The molecule has 0 saturated carbocycles. The van der Waals surface area contributed by atoms with E-state index in [2.05, 4.69) is 20.8 Å². The maximum absolute atomic E-state index is 5.53. The number of ether oxygens (including phenoxy) is 3. The molecule has 0 amide bonds. The first-order valence-corrected chi connectivity index (χ1v) is 6.73. The molecule has 0 rings (SSSR count). The Hall–Kier alpha value is -0.120. The lowest BCUT2D eigenvalue weighted by Crippen LogP contribution is -2.20. The first kappa shape index (κ1) is 16.9. The van der Waals surface area contributed by atoms with Crippen molar-refractivity contribution in [3.63, 3.8) is 0 Å². The zero-order valence-corrected chi connectivity index (χ0v) is 12.2. The Morgan fingerprint density at radius 3 is 2.06 bits per heavy atom. The van der Waals surface area contributed by atoms with E-state index in [1.807, 2.05) is 0 Å². The molecule has 0 aromatic carbocycles. The van der Waals surface area contributed by atoms with Crippen LogP contribution in [0.2, 0.25) is 0 Å². The smallest absolute Gasteiger partial charge is 0.180 e. The molecule has 0 aliphatic heterocycles. The van der Waals surface area contributed by atoms with Gasteiger partial charge in [0.15, 0.2) is 6.29 Å². The Kier molecular flexibility index (Phi) is 10.9. The molecule has 0 aromatic rings. The molecule has 0 aromatic heterocycles. The standard InChI is InChI=1S/C14H30O3/c1-12(2)7-6-8-13(3)9-10-17-11-14(15-4)16-5/h12-14H,6-11H2,1-5H3. The summed E-state index contributed by atoms with van der Waals surface area (Å²) in [6.07, 6.45) is 4.86. The summed E-state index contributed by atoms with van der Waals surface area (Å²) in [6.45, 7) is 8.18. The molecule has 104 valence electrons. The summed E-state index contributed by atoms with van der Waals surface area (Å²) in [6, 6.07) is 0. The van der Waals surface area contributed by atoms with Crippen molar-refractivity contribution >= 4 is 0 Å². The van der Waals surface area contributed by atoms with Gasteiger partial charge in [0.2, 0.25) is 0 Å². The summed E-state index contributed by atoms with van der Waals surface area (Å²) < 4.78 is 15.6. The molecule has 1 atom stereocenters. The Morgan fingerprint density at radius 1 is 0.882 bits per heavy atom. The van der Waals surface area contributed by atoms with Crippen LogP contribution in [-0.2, 0) is 14.2 Å². The second kappa shape index (κ2) is 11.0. The van der Waals surface area contributed by atoms with Crippen molar-refractivity contribution in [1.82, 2.24) is 0 Å². The molecule has 0 saturated heterocycles. The van der Waals surface area contributed by atoms with Crippen molar-refractivity contribution in [3.05, 3.63) is 0 Å². The van der Waals surface area contributed by atoms with Crippen molar-refractivity contribution in [2.75, 3.05) is 27.4 Å². The molecule has 0 N–H and O–H groups in total. The summed E-state index contributed by atoms with van der Waals surface area (Å²) in [7, 11) is 3.26. The Morgan fingerprint density at radius 2 is 1.53 bits per heavy atom. The predicted molar refractivity (Wildman–Crippen MR) is 71.1 cm³/mol. The fourth-order valence-corrected chi connectivity index (χ4v) is 1.72. The van der Waals surface area contributed by atoms with E-state index in [-0.39, 0.29) is 6.29 Å². The topological polar surface area (TPSA) is 27.7 Å². The predicted octanol–water partition coefficient (Wildman–Crippen LogP) is 3.47. The van der Waals surface area contributed by atoms with Crippen LogP contribution in [0.1, 0.15) is 46.5 Å². The third-order valence-corrected chi connectivity index (χ3v) is 3.01. The van der Waals surface area contributed by atoms with Gasteiger partial charge >= 0.3 is 0 Å². The average molecular weight is 246 g/mol. The molecule has 3 nitrogen and oxygen atoms in total. The van der Waals surface area contributed by atoms with Crippen molar-refractivity contribution in [2.45, 2.75) is 52.7 Å². The first-order chi connectivity index (χ1) is 8.10. The highest BCUT2D eigenvalue weighted by Crippen LogP contribution is 2.15. The van der Waals surface area contributed by atoms with E-state index in [0.29, 0.717) is 6.61 Å². The van der Waals surface area contributed by atoms with Gasteiger partial charge in [0.1, 0.15) is 0 Å². The summed E-state index contributed by atoms with van der Waals surface area (Å²) >= 11 is 0. The van der Waals surface area contributed by atoms with Crippen LogP contribution in [0.15, 0.2) is 0 Å². The molecule has 0 fully saturated rings. The molecule has 0 spiro atoms. The second-order valence-electron chi connectivity index (χ2n) is 5.19. The SMILES string of the molecule is COC(COCCC(C)CCCC(C)C)OC.